The van der Waals surface area contributed by atoms with Crippen LogP contribution < -0.4 is 0 Å². The molecule has 2 aromatic heterocycles. The Morgan fingerprint density at radius 2 is 2.20 bits per heavy atom. The number of nitrogens with zero attached hydrogens (tertiary/aromatic N) is 3. The minimum atomic E-state index is -0.384. The average molecular weight is 310 g/mol. The molecular formula is C14H13ClFN3S. The molecule has 0 radical (unpaired) electrons. The molecule has 3 nitrogen and oxygen atoms in total. The summed E-state index contributed by atoms with van der Waals surface area (Å²) in [5.74, 6) is 0.688. The number of rotatable bonds is 3. The normalized spacial score (nSPS) is 12.2. The van der Waals surface area contributed by atoms with Crippen molar-refractivity contribution in [1.29, 1.82) is 0 Å². The summed E-state index contributed by atoms with van der Waals surface area (Å²) in [6.45, 7) is 4.12. The van der Waals surface area contributed by atoms with Crippen LogP contribution in [0, 0.1) is 5.82 Å². The van der Waals surface area contributed by atoms with Crippen LogP contribution >= 0.6 is 22.9 Å². The van der Waals surface area contributed by atoms with Crippen molar-refractivity contribution in [2.45, 2.75) is 25.3 Å². The SMILES string of the molecule is CC(C)(c1nccs1)n1c(CCl)nc2cc(F)ccc21. The molecule has 0 saturated carbocycles. The van der Waals surface area contributed by atoms with Crippen LogP contribution in [0.2, 0.25) is 0 Å². The first-order chi connectivity index (χ1) is 9.54. The molecule has 1 aromatic carbocycles. The zero-order valence-electron chi connectivity index (χ0n) is 11.1. The predicted octanol–water partition coefficient (Wildman–Crippen LogP) is 4.15. The standard InChI is InChI=1S/C14H13ClFN3S/c1-14(2,13-17-5-6-20-13)19-11-4-3-9(16)7-10(11)18-12(19)8-15/h3-7H,8H2,1-2H3. The van der Waals surface area contributed by atoms with Gasteiger partial charge in [0.15, 0.2) is 0 Å². The van der Waals surface area contributed by atoms with Crippen molar-refractivity contribution in [3.8, 4) is 0 Å². The van der Waals surface area contributed by atoms with E-state index >= 15 is 0 Å². The number of hydrogen-bond acceptors (Lipinski definition) is 3. The smallest absolute Gasteiger partial charge is 0.125 e. The van der Waals surface area contributed by atoms with E-state index in [2.05, 4.69) is 23.8 Å². The molecule has 0 atom stereocenters. The summed E-state index contributed by atoms with van der Waals surface area (Å²) in [7, 11) is 0. The lowest BCUT2D eigenvalue weighted by atomic mass is 10.1. The van der Waals surface area contributed by atoms with Gasteiger partial charge in [0.1, 0.15) is 16.6 Å². The van der Waals surface area contributed by atoms with E-state index in [0.717, 1.165) is 10.5 Å². The topological polar surface area (TPSA) is 30.7 Å². The maximum absolute atomic E-state index is 13.4. The second-order valence-corrected chi connectivity index (χ2v) is 6.19. The van der Waals surface area contributed by atoms with E-state index in [-0.39, 0.29) is 17.2 Å². The highest BCUT2D eigenvalue weighted by molar-refractivity contribution is 7.09. The van der Waals surface area contributed by atoms with Crippen LogP contribution in [0.1, 0.15) is 24.7 Å². The Labute approximate surface area is 125 Å². The number of halogens is 2. The van der Waals surface area contributed by atoms with Crippen molar-refractivity contribution >= 4 is 34.0 Å². The maximum Gasteiger partial charge on any atom is 0.125 e. The number of alkyl halides is 1. The number of benzene rings is 1. The van der Waals surface area contributed by atoms with Gasteiger partial charge in [0, 0.05) is 17.6 Å². The van der Waals surface area contributed by atoms with Gasteiger partial charge in [0.05, 0.1) is 22.5 Å². The van der Waals surface area contributed by atoms with Crippen molar-refractivity contribution in [2.24, 2.45) is 0 Å². The molecule has 0 bridgehead atoms. The van der Waals surface area contributed by atoms with Crippen molar-refractivity contribution in [3.05, 3.63) is 46.4 Å². The van der Waals surface area contributed by atoms with E-state index in [1.54, 1.807) is 23.6 Å². The van der Waals surface area contributed by atoms with Gasteiger partial charge in [-0.25, -0.2) is 14.4 Å². The minimum absolute atomic E-state index is 0.269. The first-order valence-electron chi connectivity index (χ1n) is 6.17. The van der Waals surface area contributed by atoms with Crippen molar-refractivity contribution in [2.75, 3.05) is 0 Å². The monoisotopic (exact) mass is 309 g/mol. The predicted molar refractivity (Wildman–Crippen MR) is 79.8 cm³/mol. The summed E-state index contributed by atoms with van der Waals surface area (Å²) in [6.07, 6.45) is 1.78. The Hall–Kier alpha value is -1.46. The van der Waals surface area contributed by atoms with Crippen molar-refractivity contribution < 1.29 is 4.39 Å². The largest absolute Gasteiger partial charge is 0.315 e. The molecule has 2 heterocycles. The van der Waals surface area contributed by atoms with Crippen LogP contribution in [-0.2, 0) is 11.4 Å². The van der Waals surface area contributed by atoms with E-state index in [9.17, 15) is 4.39 Å². The number of aromatic nitrogens is 3. The van der Waals surface area contributed by atoms with E-state index in [1.165, 1.54) is 12.1 Å². The summed E-state index contributed by atoms with van der Waals surface area (Å²) in [4.78, 5) is 8.83. The Morgan fingerprint density at radius 3 is 2.85 bits per heavy atom. The molecular weight excluding hydrogens is 297 g/mol. The second-order valence-electron chi connectivity index (χ2n) is 5.03. The third-order valence-corrected chi connectivity index (χ3v) is 4.65. The summed E-state index contributed by atoms with van der Waals surface area (Å²) < 4.78 is 15.4. The molecule has 3 aromatic rings. The lowest BCUT2D eigenvalue weighted by Gasteiger charge is -2.27. The van der Waals surface area contributed by atoms with Gasteiger partial charge in [-0.1, -0.05) is 0 Å². The number of imidazole rings is 1. The number of fused-ring (bicyclic) bond motifs is 1. The Morgan fingerprint density at radius 1 is 1.40 bits per heavy atom. The fourth-order valence-electron chi connectivity index (χ4n) is 2.44. The van der Waals surface area contributed by atoms with Gasteiger partial charge in [-0.2, -0.15) is 0 Å². The highest BCUT2D eigenvalue weighted by Gasteiger charge is 2.30. The van der Waals surface area contributed by atoms with Crippen molar-refractivity contribution in [1.82, 2.24) is 14.5 Å². The number of thiazole rings is 1. The fraction of sp³-hybridized carbons (Fsp3) is 0.286. The van der Waals surface area contributed by atoms with Crippen LogP contribution in [0.3, 0.4) is 0 Å². The molecule has 0 aliphatic rings. The van der Waals surface area contributed by atoms with E-state index in [1.807, 2.05) is 9.95 Å². The van der Waals surface area contributed by atoms with Crippen LogP contribution in [0.15, 0.2) is 29.8 Å². The van der Waals surface area contributed by atoms with Crippen LogP contribution in [0.4, 0.5) is 4.39 Å². The van der Waals surface area contributed by atoms with Gasteiger partial charge in [0.2, 0.25) is 0 Å². The number of hydrogen-bond donors (Lipinski definition) is 0. The lowest BCUT2D eigenvalue weighted by molar-refractivity contribution is 0.435. The highest BCUT2D eigenvalue weighted by atomic mass is 35.5. The minimum Gasteiger partial charge on any atom is -0.315 e. The summed E-state index contributed by atoms with van der Waals surface area (Å²) in [5, 5.41) is 2.91. The van der Waals surface area contributed by atoms with Gasteiger partial charge in [-0.3, -0.25) is 0 Å². The van der Waals surface area contributed by atoms with E-state index in [4.69, 9.17) is 11.6 Å². The molecule has 0 unspecified atom stereocenters. The Bertz CT molecular complexity index is 749. The molecule has 6 heteroatoms. The average Bonchev–Trinajstić information content (AvgIpc) is 3.05. The zero-order valence-corrected chi connectivity index (χ0v) is 12.7. The molecule has 0 spiro atoms. The second kappa shape index (κ2) is 4.82. The quantitative estimate of drug-likeness (QED) is 0.680. The molecule has 0 aliphatic carbocycles. The summed E-state index contributed by atoms with van der Waals surface area (Å²) in [5.41, 5.74) is 1.10. The maximum atomic E-state index is 13.4. The molecule has 0 aliphatic heterocycles. The molecule has 104 valence electrons. The molecule has 0 amide bonds. The molecule has 3 rings (SSSR count). The van der Waals surface area contributed by atoms with Crippen molar-refractivity contribution in [3.63, 3.8) is 0 Å². The molecule has 0 fully saturated rings. The first-order valence-corrected chi connectivity index (χ1v) is 7.59. The van der Waals surface area contributed by atoms with Crippen LogP contribution in [-0.4, -0.2) is 14.5 Å². The first kappa shape index (κ1) is 13.5. The third kappa shape index (κ3) is 2.01. The molecule has 20 heavy (non-hydrogen) atoms. The van der Waals surface area contributed by atoms with Gasteiger partial charge in [0.25, 0.3) is 0 Å². The van der Waals surface area contributed by atoms with Gasteiger partial charge in [-0.15, -0.1) is 22.9 Å². The Kier molecular flexibility index (Phi) is 3.26. The van der Waals surface area contributed by atoms with Crippen LogP contribution in [0.25, 0.3) is 11.0 Å². The fourth-order valence-corrected chi connectivity index (χ4v) is 3.37. The van der Waals surface area contributed by atoms with Crippen LogP contribution in [0.5, 0.6) is 0 Å². The van der Waals surface area contributed by atoms with Gasteiger partial charge in [-0.05, 0) is 26.0 Å². The van der Waals surface area contributed by atoms with Gasteiger partial charge >= 0.3 is 0 Å². The molecule has 0 saturated heterocycles. The van der Waals surface area contributed by atoms with E-state index in [0.29, 0.717) is 11.3 Å². The Balaban J connectivity index is 2.29. The summed E-state index contributed by atoms with van der Waals surface area (Å²) >= 11 is 7.60. The van der Waals surface area contributed by atoms with Gasteiger partial charge < -0.3 is 4.57 Å². The third-order valence-electron chi connectivity index (χ3n) is 3.32. The highest BCUT2D eigenvalue weighted by Crippen LogP contribution is 2.33. The zero-order chi connectivity index (χ0) is 14.3. The molecule has 0 N–H and O–H groups in total. The lowest BCUT2D eigenvalue weighted by Crippen LogP contribution is -2.29. The van der Waals surface area contributed by atoms with E-state index < -0.39 is 0 Å². The summed E-state index contributed by atoms with van der Waals surface area (Å²) in [6, 6.07) is 4.61.